The quantitative estimate of drug-likeness (QED) is 0.479. The second-order valence-electron chi connectivity index (χ2n) is 2.97. The standard InChI is InChI=1S/C12H15NO2.CH4O/c1-4-15-12(13)11-7-5-10(6-8-11)9(2)14-3;1-2/h5-8,13H,2,4H2,1,3H3;2H,1H3. The lowest BCUT2D eigenvalue weighted by Gasteiger charge is -2.07. The van der Waals surface area contributed by atoms with E-state index < -0.39 is 0 Å². The van der Waals surface area contributed by atoms with Crippen molar-refractivity contribution in [3.63, 3.8) is 0 Å². The van der Waals surface area contributed by atoms with Gasteiger partial charge in [0.15, 0.2) is 0 Å². The summed E-state index contributed by atoms with van der Waals surface area (Å²) in [4.78, 5) is 0. The van der Waals surface area contributed by atoms with Crippen molar-refractivity contribution in [2.24, 2.45) is 0 Å². The SMILES string of the molecule is C=C(OC)c1ccc(C(=N)OCC)cc1.CO. The Labute approximate surface area is 102 Å². The molecule has 0 fully saturated rings. The molecule has 0 aliphatic heterocycles. The Morgan fingerprint density at radius 2 is 1.71 bits per heavy atom. The summed E-state index contributed by atoms with van der Waals surface area (Å²) in [5, 5.41) is 14.6. The van der Waals surface area contributed by atoms with Crippen molar-refractivity contribution in [3.8, 4) is 0 Å². The molecule has 0 aliphatic rings. The smallest absolute Gasteiger partial charge is 0.213 e. The van der Waals surface area contributed by atoms with Crippen LogP contribution in [0.3, 0.4) is 0 Å². The zero-order valence-corrected chi connectivity index (χ0v) is 10.5. The lowest BCUT2D eigenvalue weighted by molar-refractivity contribution is 0.325. The molecule has 2 N–H and O–H groups in total. The van der Waals surface area contributed by atoms with Crippen LogP contribution in [-0.4, -0.2) is 31.8 Å². The monoisotopic (exact) mass is 237 g/mol. The molecule has 0 atom stereocenters. The third-order valence-corrected chi connectivity index (χ3v) is 2.00. The predicted octanol–water partition coefficient (Wildman–Crippen LogP) is 2.27. The van der Waals surface area contributed by atoms with E-state index in [1.165, 1.54) is 0 Å². The Hall–Kier alpha value is -1.81. The number of hydrogen-bond acceptors (Lipinski definition) is 4. The highest BCUT2D eigenvalue weighted by Crippen LogP contribution is 2.14. The molecule has 0 saturated heterocycles. The van der Waals surface area contributed by atoms with E-state index in [1.54, 1.807) is 7.11 Å². The van der Waals surface area contributed by atoms with E-state index in [0.29, 0.717) is 12.4 Å². The van der Waals surface area contributed by atoms with E-state index in [1.807, 2.05) is 31.2 Å². The summed E-state index contributed by atoms with van der Waals surface area (Å²) in [5.74, 6) is 0.802. The zero-order valence-electron chi connectivity index (χ0n) is 10.5. The van der Waals surface area contributed by atoms with Crippen LogP contribution in [0.4, 0.5) is 0 Å². The maximum absolute atomic E-state index is 7.58. The van der Waals surface area contributed by atoms with Gasteiger partial charge in [-0.1, -0.05) is 18.7 Å². The van der Waals surface area contributed by atoms with Crippen LogP contribution in [0, 0.1) is 5.41 Å². The molecule has 0 unspecified atom stereocenters. The molecule has 0 aromatic heterocycles. The zero-order chi connectivity index (χ0) is 13.3. The Morgan fingerprint density at radius 3 is 2.12 bits per heavy atom. The Balaban J connectivity index is 0.00000121. The van der Waals surface area contributed by atoms with Gasteiger partial charge in [-0.2, -0.15) is 0 Å². The molecule has 0 spiro atoms. The molecular weight excluding hydrogens is 218 g/mol. The minimum absolute atomic E-state index is 0.187. The molecule has 17 heavy (non-hydrogen) atoms. The maximum Gasteiger partial charge on any atom is 0.213 e. The lowest BCUT2D eigenvalue weighted by Crippen LogP contribution is -2.04. The average molecular weight is 237 g/mol. The number of aliphatic hydroxyl groups excluding tert-OH is 1. The van der Waals surface area contributed by atoms with Crippen LogP contribution in [0.1, 0.15) is 18.1 Å². The highest BCUT2D eigenvalue weighted by Gasteiger charge is 2.03. The van der Waals surface area contributed by atoms with Crippen LogP contribution in [0.15, 0.2) is 30.8 Å². The Kier molecular flexibility index (Phi) is 7.46. The van der Waals surface area contributed by atoms with Crippen LogP contribution in [-0.2, 0) is 9.47 Å². The molecule has 0 saturated carbocycles. The van der Waals surface area contributed by atoms with Crippen molar-refractivity contribution in [3.05, 3.63) is 42.0 Å². The number of aliphatic hydroxyl groups is 1. The van der Waals surface area contributed by atoms with E-state index in [2.05, 4.69) is 6.58 Å². The first kappa shape index (κ1) is 15.2. The van der Waals surface area contributed by atoms with Crippen LogP contribution in [0.25, 0.3) is 5.76 Å². The second-order valence-corrected chi connectivity index (χ2v) is 2.97. The van der Waals surface area contributed by atoms with Gasteiger partial charge in [0.05, 0.1) is 13.7 Å². The summed E-state index contributed by atoms with van der Waals surface area (Å²) in [5.41, 5.74) is 1.66. The molecule has 0 bridgehead atoms. The van der Waals surface area contributed by atoms with Crippen LogP contribution < -0.4 is 0 Å². The van der Waals surface area contributed by atoms with E-state index in [4.69, 9.17) is 20.0 Å². The highest BCUT2D eigenvalue weighted by molar-refractivity contribution is 5.91. The molecule has 0 aliphatic carbocycles. The molecule has 1 aromatic carbocycles. The number of hydrogen-bond donors (Lipinski definition) is 2. The van der Waals surface area contributed by atoms with Gasteiger partial charge in [0.1, 0.15) is 5.76 Å². The summed E-state index contributed by atoms with van der Waals surface area (Å²) < 4.78 is 10.1. The fourth-order valence-electron chi connectivity index (χ4n) is 1.15. The van der Waals surface area contributed by atoms with Crippen molar-refractivity contribution in [1.82, 2.24) is 0 Å². The molecule has 0 heterocycles. The van der Waals surface area contributed by atoms with Gasteiger partial charge in [-0.05, 0) is 19.1 Å². The first-order valence-corrected chi connectivity index (χ1v) is 5.18. The van der Waals surface area contributed by atoms with E-state index in [9.17, 15) is 0 Å². The fraction of sp³-hybridized carbons (Fsp3) is 0.308. The van der Waals surface area contributed by atoms with Crippen molar-refractivity contribution in [2.45, 2.75) is 6.92 Å². The topological polar surface area (TPSA) is 62.5 Å². The van der Waals surface area contributed by atoms with Crippen LogP contribution in [0.2, 0.25) is 0 Å². The largest absolute Gasteiger partial charge is 0.497 e. The fourth-order valence-corrected chi connectivity index (χ4v) is 1.15. The number of rotatable bonds is 4. The summed E-state index contributed by atoms with van der Waals surface area (Å²) in [6, 6.07) is 7.35. The normalized spacial score (nSPS) is 8.71. The number of benzene rings is 1. The second kappa shape index (κ2) is 8.35. The van der Waals surface area contributed by atoms with Gasteiger partial charge in [0.25, 0.3) is 0 Å². The lowest BCUT2D eigenvalue weighted by atomic mass is 10.1. The molecule has 94 valence electrons. The summed E-state index contributed by atoms with van der Waals surface area (Å²) in [6.45, 7) is 6.11. The number of nitrogens with one attached hydrogen (secondary N) is 1. The van der Waals surface area contributed by atoms with Gasteiger partial charge in [0.2, 0.25) is 5.90 Å². The van der Waals surface area contributed by atoms with Gasteiger partial charge in [-0.25, -0.2) is 0 Å². The minimum atomic E-state index is 0.187. The van der Waals surface area contributed by atoms with Gasteiger partial charge < -0.3 is 14.6 Å². The van der Waals surface area contributed by atoms with Gasteiger partial charge in [0, 0.05) is 18.2 Å². The van der Waals surface area contributed by atoms with Crippen molar-refractivity contribution < 1.29 is 14.6 Å². The average Bonchev–Trinajstić information content (AvgIpc) is 2.40. The minimum Gasteiger partial charge on any atom is -0.497 e. The van der Waals surface area contributed by atoms with Gasteiger partial charge in [-0.3, -0.25) is 5.41 Å². The molecule has 0 amide bonds. The van der Waals surface area contributed by atoms with E-state index in [0.717, 1.165) is 18.2 Å². The summed E-state index contributed by atoms with van der Waals surface area (Å²) >= 11 is 0. The predicted molar refractivity (Wildman–Crippen MR) is 69.1 cm³/mol. The number of ether oxygens (including phenoxy) is 2. The van der Waals surface area contributed by atoms with Crippen LogP contribution >= 0.6 is 0 Å². The molecular formula is C13H19NO3. The van der Waals surface area contributed by atoms with Gasteiger partial charge >= 0.3 is 0 Å². The van der Waals surface area contributed by atoms with Crippen molar-refractivity contribution in [1.29, 1.82) is 5.41 Å². The highest BCUT2D eigenvalue weighted by atomic mass is 16.5. The van der Waals surface area contributed by atoms with E-state index in [-0.39, 0.29) is 5.90 Å². The third kappa shape index (κ3) is 4.70. The maximum atomic E-state index is 7.58. The Morgan fingerprint density at radius 1 is 1.24 bits per heavy atom. The Bertz CT molecular complexity index is 357. The van der Waals surface area contributed by atoms with Crippen LogP contribution in [0.5, 0.6) is 0 Å². The molecule has 1 aromatic rings. The summed E-state index contributed by atoms with van der Waals surface area (Å²) in [6.07, 6.45) is 0. The van der Waals surface area contributed by atoms with Gasteiger partial charge in [-0.15, -0.1) is 0 Å². The third-order valence-electron chi connectivity index (χ3n) is 2.00. The molecule has 1 rings (SSSR count). The van der Waals surface area contributed by atoms with E-state index >= 15 is 0 Å². The molecule has 4 heteroatoms. The molecule has 0 radical (unpaired) electrons. The number of methoxy groups -OCH3 is 1. The first-order chi connectivity index (χ1) is 8.19. The molecule has 4 nitrogen and oxygen atoms in total. The first-order valence-electron chi connectivity index (χ1n) is 5.18. The van der Waals surface area contributed by atoms with Crippen molar-refractivity contribution in [2.75, 3.05) is 20.8 Å². The summed E-state index contributed by atoms with van der Waals surface area (Å²) in [7, 11) is 2.58. The van der Waals surface area contributed by atoms with Crippen molar-refractivity contribution >= 4 is 11.7 Å².